The summed E-state index contributed by atoms with van der Waals surface area (Å²) in [5, 5.41) is 7.21. The first-order valence-electron chi connectivity index (χ1n) is 22.8. The molecule has 6 bridgehead atoms. The lowest BCUT2D eigenvalue weighted by Crippen LogP contribution is -2.66. The zero-order chi connectivity index (χ0) is 49.2. The van der Waals surface area contributed by atoms with Gasteiger partial charge in [0.1, 0.15) is 24.4 Å². The average molecular weight is 963 g/mol. The number of hydrogen-bond acceptors (Lipinski definition) is 12. The summed E-state index contributed by atoms with van der Waals surface area (Å²) in [4.78, 5) is 66.5. The summed E-state index contributed by atoms with van der Waals surface area (Å²) in [5.41, 5.74) is 4.31. The molecule has 0 radical (unpaired) electrons. The number of carbonyl (C=O) groups is 4. The van der Waals surface area contributed by atoms with E-state index in [0.29, 0.717) is 75.6 Å². The van der Waals surface area contributed by atoms with Crippen molar-refractivity contribution in [3.63, 3.8) is 0 Å². The molecule has 0 aliphatic carbocycles. The van der Waals surface area contributed by atoms with E-state index >= 15 is 0 Å². The van der Waals surface area contributed by atoms with Crippen molar-refractivity contribution < 1.29 is 46.6 Å². The number of alkyl halides is 3. The number of benzene rings is 1. The van der Waals surface area contributed by atoms with Crippen molar-refractivity contribution in [3.05, 3.63) is 58.2 Å². The van der Waals surface area contributed by atoms with Crippen molar-refractivity contribution in [1.82, 2.24) is 40.1 Å². The lowest BCUT2D eigenvalue weighted by Gasteiger charge is -2.41. The fourth-order valence-electron chi connectivity index (χ4n) is 8.62. The van der Waals surface area contributed by atoms with Crippen LogP contribution in [-0.4, -0.2) is 143 Å². The van der Waals surface area contributed by atoms with Crippen LogP contribution in [0.2, 0.25) is 0 Å². The number of carbonyl (C=O) groups excluding carboxylic acids is 4. The van der Waals surface area contributed by atoms with E-state index in [4.69, 9.17) is 19.2 Å². The third kappa shape index (κ3) is 11.6. The molecule has 4 aromatic rings. The maximum Gasteiger partial charge on any atom is 0.406 e. The fraction of sp³-hybridized carbons (Fsp3) is 0.551. The summed E-state index contributed by atoms with van der Waals surface area (Å²) < 4.78 is 63.1. The maximum atomic E-state index is 14.6. The van der Waals surface area contributed by atoms with Gasteiger partial charge in [0.25, 0.3) is 11.8 Å². The molecule has 0 saturated carbocycles. The van der Waals surface area contributed by atoms with E-state index in [-0.39, 0.29) is 57.6 Å². The van der Waals surface area contributed by atoms with Gasteiger partial charge in [-0.25, -0.2) is 10.4 Å². The second kappa shape index (κ2) is 20.4. The third-order valence-electron chi connectivity index (χ3n) is 13.0. The largest absolute Gasteiger partial charge is 0.406 e. The Morgan fingerprint density at radius 3 is 2.65 bits per heavy atom. The van der Waals surface area contributed by atoms with Crippen LogP contribution in [0.25, 0.3) is 33.4 Å². The standard InChI is InChI=1S/C49H61F3N8O7S/c1-31(65-8)43-34(11-9-18-53-43)44-36-23-46(2,3)29-66-30-48(28-61)16-10-19-60(56-48)45(64)37(54-40(62)15-20-67-33-24-58(25-33)42(63)14-17-47(4,5)57(6)7)22-41-55-38(26-68-41)32-12-13-39(35(36)21-32)59(44)27-49(50,51)52/h9,11-13,18,21,26,28,31,33,37,56H,10,15-16,19-20,22-25,27,29-30H2,1-8H3,(H,54,62)/t31-,37-,48?/m0/s1. The smallest absolute Gasteiger partial charge is 0.378 e. The van der Waals surface area contributed by atoms with Crippen molar-refractivity contribution in [3.8, 4) is 34.4 Å². The maximum absolute atomic E-state index is 14.6. The first-order valence-corrected chi connectivity index (χ1v) is 23.7. The number of hydrazine groups is 1. The summed E-state index contributed by atoms with van der Waals surface area (Å²) >= 11 is 1.29. The average Bonchev–Trinajstić information content (AvgIpc) is 3.86. The number of hydrogen-bond donors (Lipinski definition) is 2. The molecule has 6 heterocycles. The third-order valence-corrected chi connectivity index (χ3v) is 13.8. The summed E-state index contributed by atoms with van der Waals surface area (Å²) in [6.07, 6.45) is -1.95. The molecule has 1 unspecified atom stereocenters. The summed E-state index contributed by atoms with van der Waals surface area (Å²) in [5.74, 6) is 4.52. The Labute approximate surface area is 399 Å². The van der Waals surface area contributed by atoms with Crippen LogP contribution in [0.1, 0.15) is 76.3 Å². The van der Waals surface area contributed by atoms with Crippen LogP contribution < -0.4 is 10.7 Å². The Kier molecular flexibility index (Phi) is 15.2. The lowest BCUT2D eigenvalue weighted by molar-refractivity contribution is -0.147. The van der Waals surface area contributed by atoms with E-state index in [1.165, 1.54) is 28.0 Å². The number of aromatic nitrogens is 3. The number of nitrogens with one attached hydrogen (secondary N) is 2. The van der Waals surface area contributed by atoms with E-state index in [1.807, 2.05) is 58.1 Å². The normalized spacial score (nSPS) is 20.9. The molecular weight excluding hydrogens is 902 g/mol. The van der Waals surface area contributed by atoms with Gasteiger partial charge in [-0.1, -0.05) is 25.8 Å². The first kappa shape index (κ1) is 50.6. The summed E-state index contributed by atoms with van der Waals surface area (Å²) in [6, 6.07) is 7.67. The zero-order valence-electron chi connectivity index (χ0n) is 39.9. The second-order valence-electron chi connectivity index (χ2n) is 19.5. The van der Waals surface area contributed by atoms with Gasteiger partial charge >= 0.3 is 6.18 Å². The second-order valence-corrected chi connectivity index (χ2v) is 20.4. The predicted octanol–water partition coefficient (Wildman–Crippen LogP) is 5.75. The Hall–Kier alpha value is -5.23. The molecule has 2 N–H and O–H groups in total. The Balaban J connectivity index is 1.19. The number of halogens is 3. The molecule has 19 heteroatoms. The number of pyridine rings is 1. The molecule has 3 aliphatic rings. The lowest BCUT2D eigenvalue weighted by atomic mass is 9.84. The number of fused-ring (bicyclic) bond motifs is 6. The Bertz CT molecular complexity index is 2580. The molecule has 0 spiro atoms. The van der Waals surface area contributed by atoms with Crippen LogP contribution in [0.5, 0.6) is 0 Å². The molecule has 3 aromatic heterocycles. The summed E-state index contributed by atoms with van der Waals surface area (Å²) in [6.45, 7) is 9.35. The highest BCUT2D eigenvalue weighted by Gasteiger charge is 2.41. The van der Waals surface area contributed by atoms with Gasteiger partial charge in [-0.15, -0.1) is 11.3 Å². The molecule has 3 aliphatic heterocycles. The van der Waals surface area contributed by atoms with E-state index in [0.717, 1.165) is 6.29 Å². The number of nitrogens with zero attached hydrogens (tertiary/aromatic N) is 6. The van der Waals surface area contributed by atoms with Crippen molar-refractivity contribution >= 4 is 46.2 Å². The molecule has 1 aromatic carbocycles. The number of ether oxygens (including phenoxy) is 3. The predicted molar refractivity (Wildman–Crippen MR) is 251 cm³/mol. The molecular formula is C49H61F3N8O7S. The van der Waals surface area contributed by atoms with Gasteiger partial charge in [-0.3, -0.25) is 29.3 Å². The molecule has 366 valence electrons. The van der Waals surface area contributed by atoms with Gasteiger partial charge < -0.3 is 33.8 Å². The number of rotatable bonds is 11. The highest BCUT2D eigenvalue weighted by atomic mass is 32.1. The van der Waals surface area contributed by atoms with Crippen LogP contribution in [-0.2, 0) is 52.8 Å². The van der Waals surface area contributed by atoms with Gasteiger partial charge in [-0.2, -0.15) is 13.2 Å². The van der Waals surface area contributed by atoms with E-state index in [9.17, 15) is 32.3 Å². The van der Waals surface area contributed by atoms with Crippen LogP contribution in [0, 0.1) is 17.3 Å². The number of methoxy groups -OCH3 is 1. The molecule has 3 atom stereocenters. The number of aldehydes is 1. The first-order chi connectivity index (χ1) is 32.1. The van der Waals surface area contributed by atoms with Crippen molar-refractivity contribution in [2.75, 3.05) is 60.7 Å². The minimum absolute atomic E-state index is 0.0134. The van der Waals surface area contributed by atoms with E-state index in [2.05, 4.69) is 27.6 Å². The molecule has 68 heavy (non-hydrogen) atoms. The van der Waals surface area contributed by atoms with Gasteiger partial charge in [0.2, 0.25) is 5.91 Å². The van der Waals surface area contributed by atoms with Crippen LogP contribution in [0.4, 0.5) is 13.2 Å². The monoisotopic (exact) mass is 962 g/mol. The van der Waals surface area contributed by atoms with E-state index < -0.39 is 53.2 Å². The highest BCUT2D eigenvalue weighted by Crippen LogP contribution is 2.43. The summed E-state index contributed by atoms with van der Waals surface area (Å²) in [7, 11) is 5.31. The molecule has 3 amide bonds. The molecule has 2 fully saturated rings. The molecule has 7 rings (SSSR count). The minimum atomic E-state index is -4.57. The van der Waals surface area contributed by atoms with Crippen LogP contribution in [0.15, 0.2) is 41.9 Å². The minimum Gasteiger partial charge on any atom is -0.378 e. The fourth-order valence-corrected chi connectivity index (χ4v) is 9.47. The Morgan fingerprint density at radius 1 is 1.18 bits per heavy atom. The number of amides is 3. The van der Waals surface area contributed by atoms with Crippen LogP contribution >= 0.6 is 11.3 Å². The Morgan fingerprint density at radius 2 is 1.94 bits per heavy atom. The van der Waals surface area contributed by atoms with Gasteiger partial charge in [0.15, 0.2) is 0 Å². The highest BCUT2D eigenvalue weighted by molar-refractivity contribution is 7.10. The topological polar surface area (TPSA) is 160 Å². The molecule has 2 saturated heterocycles. The van der Waals surface area contributed by atoms with Crippen LogP contribution in [0.3, 0.4) is 0 Å². The van der Waals surface area contributed by atoms with Gasteiger partial charge in [0, 0.05) is 73.2 Å². The zero-order valence-corrected chi connectivity index (χ0v) is 40.7. The number of thiazole rings is 1. The number of likely N-dealkylation sites (tertiary alicyclic amines) is 1. The quantitative estimate of drug-likeness (QED) is 0.139. The van der Waals surface area contributed by atoms with Crippen molar-refractivity contribution in [2.24, 2.45) is 5.41 Å². The SMILES string of the molecule is CO[C@@H](C)c1ncccc1-c1c2c3cc(ccc3n1CC(F)(F)F)-c1csc(n1)C[C@H](NC(=O)CCOC1CN(C(=O)C#CC(C)(C)N(C)C)C1)C(=O)N1CCCC(C=O)(COCC(C)(C)C2)N1. The van der Waals surface area contributed by atoms with Gasteiger partial charge in [0.05, 0.1) is 59.7 Å². The van der Waals surface area contributed by atoms with Gasteiger partial charge in [-0.05, 0) is 95.3 Å². The van der Waals surface area contributed by atoms with E-state index in [1.54, 1.807) is 42.3 Å². The van der Waals surface area contributed by atoms with Crippen molar-refractivity contribution in [2.45, 2.75) is 109 Å². The van der Waals surface area contributed by atoms with Crippen molar-refractivity contribution in [1.29, 1.82) is 0 Å². The molecule has 15 nitrogen and oxygen atoms in total.